The number of ketones is 1. The summed E-state index contributed by atoms with van der Waals surface area (Å²) in [6, 6.07) is 2.57. The lowest BCUT2D eigenvalue weighted by Crippen LogP contribution is -2.55. The van der Waals surface area contributed by atoms with E-state index in [4.69, 9.17) is 10.1 Å². The molecule has 2 heterocycles. The molecule has 1 saturated carbocycles. The normalized spacial score (nSPS) is 35.6. The maximum absolute atomic E-state index is 12.9. The van der Waals surface area contributed by atoms with Gasteiger partial charge in [-0.3, -0.25) is 14.5 Å². The Hall–Kier alpha value is -2.20. The number of hydrogen-bond acceptors (Lipinski definition) is 6. The second-order valence-electron chi connectivity index (χ2n) is 10.2. The summed E-state index contributed by atoms with van der Waals surface area (Å²) in [4.78, 5) is 17.7. The van der Waals surface area contributed by atoms with Crippen LogP contribution in [-0.4, -0.2) is 33.0 Å². The van der Waals surface area contributed by atoms with Crippen molar-refractivity contribution in [2.75, 3.05) is 0 Å². The van der Waals surface area contributed by atoms with Crippen LogP contribution in [0.5, 0.6) is 0 Å². The molecule has 0 amide bonds. The molecule has 7 nitrogen and oxygen atoms in total. The molecule has 7 heteroatoms. The van der Waals surface area contributed by atoms with Crippen LogP contribution in [0.3, 0.4) is 0 Å². The molecule has 1 fully saturated rings. The number of nitrogens with zero attached hydrogens (tertiary/aromatic N) is 5. The first-order valence-corrected chi connectivity index (χ1v) is 10.6. The summed E-state index contributed by atoms with van der Waals surface area (Å²) < 4.78 is 1.96. The number of nitriles is 1. The summed E-state index contributed by atoms with van der Waals surface area (Å²) in [6.45, 7) is 12.6. The molecule has 3 aliphatic rings. The van der Waals surface area contributed by atoms with Crippen molar-refractivity contribution in [3.05, 3.63) is 17.0 Å². The molecule has 0 bridgehead atoms. The Morgan fingerprint density at radius 2 is 2.00 bits per heavy atom. The molecule has 4 rings (SSSR count). The second kappa shape index (κ2) is 6.15. The quantitative estimate of drug-likeness (QED) is 0.831. The Bertz CT molecular complexity index is 938. The fraction of sp³-hybridized carbons (Fsp3) is 0.727. The number of aromatic nitrogens is 2. The summed E-state index contributed by atoms with van der Waals surface area (Å²) in [6.07, 6.45) is 4.21. The molecule has 0 radical (unpaired) electrons. The monoisotopic (exact) mass is 396 g/mol. The molecular formula is C22H32N6O. The van der Waals surface area contributed by atoms with Gasteiger partial charge in [0.05, 0.1) is 17.5 Å². The van der Waals surface area contributed by atoms with E-state index in [1.54, 1.807) is 0 Å². The fourth-order valence-corrected chi connectivity index (χ4v) is 6.15. The van der Waals surface area contributed by atoms with Crippen LogP contribution in [0.2, 0.25) is 0 Å². The first kappa shape index (κ1) is 20.1. The van der Waals surface area contributed by atoms with Gasteiger partial charge in [0.2, 0.25) is 0 Å². The summed E-state index contributed by atoms with van der Waals surface area (Å²) in [5.41, 5.74) is 5.50. The highest BCUT2D eigenvalue weighted by Gasteiger charge is 2.59. The minimum Gasteiger partial charge on any atom is -0.298 e. The van der Waals surface area contributed by atoms with Crippen molar-refractivity contribution in [2.45, 2.75) is 77.9 Å². The van der Waals surface area contributed by atoms with Crippen LogP contribution in [-0.2, 0) is 29.3 Å². The van der Waals surface area contributed by atoms with Crippen molar-refractivity contribution in [2.24, 2.45) is 29.3 Å². The van der Waals surface area contributed by atoms with Crippen LogP contribution in [0.1, 0.15) is 71.3 Å². The van der Waals surface area contributed by atoms with Gasteiger partial charge in [-0.15, -0.1) is 0 Å². The van der Waals surface area contributed by atoms with Gasteiger partial charge in [0, 0.05) is 29.5 Å². The number of rotatable bonds is 2. The molecule has 29 heavy (non-hydrogen) atoms. The largest absolute Gasteiger partial charge is 0.298 e. The van der Waals surface area contributed by atoms with E-state index in [0.29, 0.717) is 12.5 Å². The smallest absolute Gasteiger partial charge is 0.168 e. The van der Waals surface area contributed by atoms with Crippen LogP contribution in [0, 0.1) is 28.6 Å². The van der Waals surface area contributed by atoms with Crippen molar-refractivity contribution < 1.29 is 4.79 Å². The Morgan fingerprint density at radius 1 is 1.31 bits per heavy atom. The molecule has 1 aliphatic heterocycles. The third-order valence-corrected chi connectivity index (χ3v) is 7.55. The molecule has 0 aromatic carbocycles. The van der Waals surface area contributed by atoms with Crippen LogP contribution in [0.25, 0.3) is 0 Å². The van der Waals surface area contributed by atoms with Gasteiger partial charge in [-0.25, -0.2) is 10.4 Å². The van der Waals surface area contributed by atoms with Gasteiger partial charge < -0.3 is 0 Å². The number of fused-ring (bicyclic) bond motifs is 3. The number of Topliss-reactive ketones (excluding diaryl/α,β-unsaturated/α-hetero) is 1. The van der Waals surface area contributed by atoms with E-state index in [1.165, 1.54) is 5.56 Å². The predicted octanol–water partition coefficient (Wildman–Crippen LogP) is 2.81. The summed E-state index contributed by atoms with van der Waals surface area (Å²) in [5, 5.41) is 16.7. The molecule has 1 N–H and O–H groups in total. The zero-order valence-electron chi connectivity index (χ0n) is 18.6. The highest BCUT2D eigenvalue weighted by Crippen LogP contribution is 2.57. The highest BCUT2D eigenvalue weighted by atomic mass is 16.1. The SMILES string of the molecule is CC(C)N1C=NC(C)(c2c3c(nn2C)C2(C)CC(C#N)C(=O)C(C)(C)[C@@H]2CC3)N1. The number of nitrogens with one attached hydrogen (secondary N) is 1. The Kier molecular flexibility index (Phi) is 4.26. The Labute approximate surface area is 173 Å². The van der Waals surface area contributed by atoms with Crippen molar-refractivity contribution in [1.29, 1.82) is 5.26 Å². The Morgan fingerprint density at radius 3 is 2.59 bits per heavy atom. The van der Waals surface area contributed by atoms with Gasteiger partial charge in [-0.2, -0.15) is 10.4 Å². The number of hydrogen-bond donors (Lipinski definition) is 1. The molecule has 4 atom stereocenters. The molecule has 1 aromatic heterocycles. The molecule has 2 aliphatic carbocycles. The summed E-state index contributed by atoms with van der Waals surface area (Å²) >= 11 is 0. The topological polar surface area (TPSA) is 86.3 Å². The Balaban J connectivity index is 1.82. The van der Waals surface area contributed by atoms with Crippen molar-refractivity contribution in [3.8, 4) is 6.07 Å². The first-order valence-electron chi connectivity index (χ1n) is 10.6. The molecule has 0 spiro atoms. The lowest BCUT2D eigenvalue weighted by atomic mass is 9.49. The summed E-state index contributed by atoms with van der Waals surface area (Å²) in [5.74, 6) is -0.302. The minimum absolute atomic E-state index is 0.0867. The zero-order valence-corrected chi connectivity index (χ0v) is 18.6. The van der Waals surface area contributed by atoms with Crippen molar-refractivity contribution >= 4 is 12.1 Å². The van der Waals surface area contributed by atoms with Crippen LogP contribution in [0.15, 0.2) is 4.99 Å². The average molecular weight is 397 g/mol. The van der Waals surface area contributed by atoms with Crippen LogP contribution >= 0.6 is 0 Å². The third kappa shape index (κ3) is 2.61. The van der Waals surface area contributed by atoms with Crippen molar-refractivity contribution in [1.82, 2.24) is 20.2 Å². The maximum atomic E-state index is 12.9. The van der Waals surface area contributed by atoms with Crippen LogP contribution in [0.4, 0.5) is 0 Å². The van der Waals surface area contributed by atoms with Gasteiger partial charge in [0.1, 0.15) is 12.3 Å². The van der Waals surface area contributed by atoms with E-state index in [9.17, 15) is 10.1 Å². The van der Waals surface area contributed by atoms with E-state index >= 15 is 0 Å². The van der Waals surface area contributed by atoms with E-state index in [1.807, 2.05) is 36.9 Å². The zero-order chi connectivity index (χ0) is 21.4. The third-order valence-electron chi connectivity index (χ3n) is 7.55. The van der Waals surface area contributed by atoms with E-state index in [-0.39, 0.29) is 17.1 Å². The second-order valence-corrected chi connectivity index (χ2v) is 10.2. The molecule has 1 aromatic rings. The number of carbonyl (C=O) groups is 1. The number of aryl methyl sites for hydroxylation is 1. The standard InChI is InChI=1S/C22H32N6O/c1-13(2)28-12-24-22(6,26-28)18-15-8-9-16-20(3,4)19(29)14(11-23)10-21(16,5)17(15)25-27(18)7/h12-14,16,26H,8-10H2,1-7H3/t14?,16-,21?,22?/m0/s1. The van der Waals surface area contributed by atoms with Gasteiger partial charge in [-0.05, 0) is 46.0 Å². The first-order chi connectivity index (χ1) is 13.5. The minimum atomic E-state index is -0.572. The van der Waals surface area contributed by atoms with Gasteiger partial charge in [-0.1, -0.05) is 20.8 Å². The number of hydrazine groups is 1. The predicted molar refractivity (Wildman–Crippen MR) is 111 cm³/mol. The molecule has 3 unspecified atom stereocenters. The molecule has 156 valence electrons. The lowest BCUT2D eigenvalue weighted by molar-refractivity contribution is -0.140. The number of aliphatic imine (C=N–C) groups is 1. The van der Waals surface area contributed by atoms with Gasteiger partial charge in [0.15, 0.2) is 11.4 Å². The summed E-state index contributed by atoms with van der Waals surface area (Å²) in [7, 11) is 1.98. The molecule has 0 saturated heterocycles. The lowest BCUT2D eigenvalue weighted by Gasteiger charge is -2.53. The van der Waals surface area contributed by atoms with E-state index in [0.717, 1.165) is 24.2 Å². The van der Waals surface area contributed by atoms with Crippen LogP contribution < -0.4 is 5.43 Å². The molecular weight excluding hydrogens is 364 g/mol. The highest BCUT2D eigenvalue weighted by molar-refractivity contribution is 5.90. The van der Waals surface area contributed by atoms with Crippen molar-refractivity contribution in [3.63, 3.8) is 0 Å². The van der Waals surface area contributed by atoms with E-state index in [2.05, 4.69) is 39.2 Å². The van der Waals surface area contributed by atoms with E-state index < -0.39 is 17.0 Å². The van der Waals surface area contributed by atoms with Gasteiger partial charge >= 0.3 is 0 Å². The van der Waals surface area contributed by atoms with Gasteiger partial charge in [0.25, 0.3) is 0 Å². The average Bonchev–Trinajstić information content (AvgIpc) is 3.20. The fourth-order valence-electron chi connectivity index (χ4n) is 6.15. The maximum Gasteiger partial charge on any atom is 0.168 e. The number of carbonyl (C=O) groups excluding carboxylic acids is 1.